The molecule has 0 bridgehead atoms. The van der Waals surface area contributed by atoms with Crippen molar-refractivity contribution in [1.29, 1.82) is 5.41 Å². The molecule has 9 N–H and O–H groups in total. The number of nitrogens with zero attached hydrogens (tertiary/aromatic N) is 1. The second kappa shape index (κ2) is 9.55. The number of anilines is 3. The molecule has 1 aromatic heterocycles. The number of nitrogen functional groups attached to an aromatic ring is 3. The Kier molecular flexibility index (Phi) is 7.44. The van der Waals surface area contributed by atoms with Gasteiger partial charge >= 0.3 is 0 Å². The molecule has 0 aliphatic heterocycles. The summed E-state index contributed by atoms with van der Waals surface area (Å²) in [4.78, 5) is 3.96. The number of fused-ring (bicyclic) bond motifs is 1. The summed E-state index contributed by atoms with van der Waals surface area (Å²) in [6.07, 6.45) is 8.26. The molecule has 128 valence electrons. The van der Waals surface area contributed by atoms with E-state index in [1.165, 1.54) is 13.3 Å². The van der Waals surface area contributed by atoms with E-state index in [2.05, 4.69) is 16.6 Å². The fourth-order valence-corrected chi connectivity index (χ4v) is 1.93. The molecular formula is C19H22N6. The van der Waals surface area contributed by atoms with Gasteiger partial charge in [0.15, 0.2) is 0 Å². The summed E-state index contributed by atoms with van der Waals surface area (Å²) in [5.74, 6) is 2.89. The number of terminal acetylenes is 1. The van der Waals surface area contributed by atoms with Crippen LogP contribution in [0.2, 0.25) is 0 Å². The van der Waals surface area contributed by atoms with Crippen molar-refractivity contribution in [3.05, 3.63) is 59.8 Å². The molecule has 2 aromatic carbocycles. The predicted octanol–water partition coefficient (Wildman–Crippen LogP) is 2.22. The molecular weight excluding hydrogens is 312 g/mol. The van der Waals surface area contributed by atoms with Crippen molar-refractivity contribution in [3.8, 4) is 12.3 Å². The van der Waals surface area contributed by atoms with Crippen molar-refractivity contribution < 1.29 is 0 Å². The van der Waals surface area contributed by atoms with E-state index in [4.69, 9.17) is 29.0 Å². The maximum absolute atomic E-state index is 6.85. The highest BCUT2D eigenvalue weighted by atomic mass is 14.9. The van der Waals surface area contributed by atoms with Gasteiger partial charge in [-0.25, -0.2) is 4.98 Å². The van der Waals surface area contributed by atoms with Crippen LogP contribution in [0, 0.1) is 17.8 Å². The van der Waals surface area contributed by atoms with Crippen LogP contribution in [0.1, 0.15) is 11.1 Å². The van der Waals surface area contributed by atoms with Gasteiger partial charge in [-0.05, 0) is 36.9 Å². The minimum absolute atomic E-state index is 0.340. The van der Waals surface area contributed by atoms with Crippen LogP contribution < -0.4 is 22.9 Å². The summed E-state index contributed by atoms with van der Waals surface area (Å²) >= 11 is 0. The van der Waals surface area contributed by atoms with E-state index in [-0.39, 0.29) is 0 Å². The first kappa shape index (κ1) is 19.5. The quantitative estimate of drug-likeness (QED) is 0.263. The SMILES string of the molecule is C#Cc1ccc2cnc(N)c(N)c2c1.CN.N=Cc1ccc(N)cc1. The van der Waals surface area contributed by atoms with E-state index in [9.17, 15) is 0 Å². The van der Waals surface area contributed by atoms with Crippen molar-refractivity contribution in [2.75, 3.05) is 24.2 Å². The summed E-state index contributed by atoms with van der Waals surface area (Å²) in [5.41, 5.74) is 24.2. The molecule has 0 amide bonds. The van der Waals surface area contributed by atoms with Crippen LogP contribution >= 0.6 is 0 Å². The Morgan fingerprint density at radius 2 is 1.68 bits per heavy atom. The maximum Gasteiger partial charge on any atom is 0.147 e. The monoisotopic (exact) mass is 334 g/mol. The van der Waals surface area contributed by atoms with Gasteiger partial charge in [0.2, 0.25) is 0 Å². The first-order valence-electron chi connectivity index (χ1n) is 7.39. The Hall–Kier alpha value is -3.56. The zero-order chi connectivity index (χ0) is 18.8. The first-order valence-corrected chi connectivity index (χ1v) is 7.39. The Morgan fingerprint density at radius 1 is 1.04 bits per heavy atom. The van der Waals surface area contributed by atoms with E-state index in [1.54, 1.807) is 18.3 Å². The zero-order valence-corrected chi connectivity index (χ0v) is 14.0. The summed E-state index contributed by atoms with van der Waals surface area (Å²) in [5, 5.41) is 8.64. The van der Waals surface area contributed by atoms with Crippen LogP contribution in [0.5, 0.6) is 0 Å². The molecule has 0 radical (unpaired) electrons. The fourth-order valence-electron chi connectivity index (χ4n) is 1.93. The molecule has 25 heavy (non-hydrogen) atoms. The van der Waals surface area contributed by atoms with Gasteiger partial charge in [-0.1, -0.05) is 24.1 Å². The highest BCUT2D eigenvalue weighted by molar-refractivity contribution is 5.97. The van der Waals surface area contributed by atoms with E-state index < -0.39 is 0 Å². The number of pyridine rings is 1. The van der Waals surface area contributed by atoms with Gasteiger partial charge in [0, 0.05) is 34.4 Å². The van der Waals surface area contributed by atoms with Gasteiger partial charge in [-0.2, -0.15) is 0 Å². The average Bonchev–Trinajstić information content (AvgIpc) is 2.67. The molecule has 1 heterocycles. The highest BCUT2D eigenvalue weighted by Gasteiger charge is 2.02. The number of hydrogen-bond donors (Lipinski definition) is 5. The van der Waals surface area contributed by atoms with E-state index >= 15 is 0 Å². The predicted molar refractivity (Wildman–Crippen MR) is 107 cm³/mol. The summed E-state index contributed by atoms with van der Waals surface area (Å²) in [6.45, 7) is 0. The Balaban J connectivity index is 0.000000246. The molecule has 0 saturated carbocycles. The number of nitrogens with one attached hydrogen (secondary N) is 1. The van der Waals surface area contributed by atoms with Gasteiger partial charge in [0.25, 0.3) is 0 Å². The lowest BCUT2D eigenvalue weighted by Crippen LogP contribution is -1.98. The molecule has 0 spiro atoms. The second-order valence-corrected chi connectivity index (χ2v) is 4.81. The smallest absolute Gasteiger partial charge is 0.147 e. The van der Waals surface area contributed by atoms with Gasteiger partial charge in [0.1, 0.15) is 5.82 Å². The number of hydrogen-bond acceptors (Lipinski definition) is 6. The van der Waals surface area contributed by atoms with Crippen LogP contribution in [0.15, 0.2) is 48.7 Å². The molecule has 0 aliphatic carbocycles. The summed E-state index contributed by atoms with van der Waals surface area (Å²) in [7, 11) is 1.50. The topological polar surface area (TPSA) is 141 Å². The number of nitrogens with two attached hydrogens (primary N) is 4. The van der Waals surface area contributed by atoms with E-state index in [0.29, 0.717) is 11.5 Å². The van der Waals surface area contributed by atoms with Crippen LogP contribution in [0.3, 0.4) is 0 Å². The maximum atomic E-state index is 6.85. The largest absolute Gasteiger partial charge is 0.399 e. The molecule has 0 fully saturated rings. The molecule has 3 rings (SSSR count). The number of rotatable bonds is 1. The van der Waals surface area contributed by atoms with Crippen LogP contribution in [0.25, 0.3) is 10.8 Å². The van der Waals surface area contributed by atoms with Gasteiger partial charge < -0.3 is 28.3 Å². The van der Waals surface area contributed by atoms with Gasteiger partial charge in [-0.3, -0.25) is 0 Å². The van der Waals surface area contributed by atoms with E-state index in [1.807, 2.05) is 30.3 Å². The fraction of sp³-hybridized carbons (Fsp3) is 0.0526. The molecule has 0 atom stereocenters. The zero-order valence-electron chi connectivity index (χ0n) is 14.0. The second-order valence-electron chi connectivity index (χ2n) is 4.81. The Bertz CT molecular complexity index is 879. The third kappa shape index (κ3) is 5.23. The van der Waals surface area contributed by atoms with Crippen LogP contribution in [-0.4, -0.2) is 18.2 Å². The van der Waals surface area contributed by atoms with Gasteiger partial charge in [0.05, 0.1) is 5.69 Å². The van der Waals surface area contributed by atoms with E-state index in [0.717, 1.165) is 27.6 Å². The Morgan fingerprint density at radius 3 is 2.24 bits per heavy atom. The molecule has 0 aliphatic rings. The third-order valence-corrected chi connectivity index (χ3v) is 3.23. The lowest BCUT2D eigenvalue weighted by atomic mass is 10.1. The van der Waals surface area contributed by atoms with Crippen LogP contribution in [0.4, 0.5) is 17.2 Å². The summed E-state index contributed by atoms with van der Waals surface area (Å²) < 4.78 is 0. The molecule has 0 unspecified atom stereocenters. The van der Waals surface area contributed by atoms with Crippen molar-refractivity contribution in [2.45, 2.75) is 0 Å². The van der Waals surface area contributed by atoms with Crippen molar-refractivity contribution >= 4 is 34.2 Å². The lowest BCUT2D eigenvalue weighted by Gasteiger charge is -2.04. The number of aromatic nitrogens is 1. The summed E-state index contributed by atoms with van der Waals surface area (Å²) in [6, 6.07) is 12.7. The first-order chi connectivity index (χ1) is 12.0. The van der Waals surface area contributed by atoms with Crippen molar-refractivity contribution in [2.24, 2.45) is 5.73 Å². The lowest BCUT2D eigenvalue weighted by molar-refractivity contribution is 1.37. The minimum atomic E-state index is 0.340. The standard InChI is InChI=1S/C11H9N3.C7H8N2.CH5N/c1-2-7-3-4-8-6-14-11(13)10(12)9(8)5-7;8-5-6-1-3-7(9)4-2-6;1-2/h1,3-6H,12H2,(H2,13,14);1-5,8H,9H2;2H2,1H3. The molecule has 6 nitrogen and oxygen atoms in total. The van der Waals surface area contributed by atoms with Crippen LogP contribution in [-0.2, 0) is 0 Å². The molecule has 6 heteroatoms. The van der Waals surface area contributed by atoms with Crippen molar-refractivity contribution in [3.63, 3.8) is 0 Å². The van der Waals surface area contributed by atoms with Gasteiger partial charge in [-0.15, -0.1) is 6.42 Å². The minimum Gasteiger partial charge on any atom is -0.399 e. The average molecular weight is 334 g/mol. The third-order valence-electron chi connectivity index (χ3n) is 3.23. The number of benzene rings is 2. The molecule has 0 saturated heterocycles. The normalized spacial score (nSPS) is 9.00. The van der Waals surface area contributed by atoms with Crippen molar-refractivity contribution in [1.82, 2.24) is 4.98 Å². The molecule has 3 aromatic rings. The highest BCUT2D eigenvalue weighted by Crippen LogP contribution is 2.25. The Labute approximate surface area is 147 Å².